The van der Waals surface area contributed by atoms with Crippen LogP contribution in [-0.2, 0) is 23.1 Å². The van der Waals surface area contributed by atoms with Gasteiger partial charge in [-0.25, -0.2) is 13.1 Å². The molecule has 3 rings (SSSR count). The first-order valence-electron chi connectivity index (χ1n) is 8.57. The van der Waals surface area contributed by atoms with Crippen LogP contribution in [0.5, 0.6) is 0 Å². The zero-order valence-electron chi connectivity index (χ0n) is 15.1. The lowest BCUT2D eigenvalue weighted by Gasteiger charge is -2.34. The van der Waals surface area contributed by atoms with E-state index in [1.807, 2.05) is 16.9 Å². The number of sulfonamides is 1. The van der Waals surface area contributed by atoms with Crippen LogP contribution < -0.4 is 4.72 Å². The second-order valence-electron chi connectivity index (χ2n) is 6.98. The smallest absolute Gasteiger partial charge is 0.208 e. The summed E-state index contributed by atoms with van der Waals surface area (Å²) in [6, 6.07) is 8.79. The summed E-state index contributed by atoms with van der Waals surface area (Å²) in [6.45, 7) is 7.33. The van der Waals surface area contributed by atoms with Crippen molar-refractivity contribution in [3.8, 4) is 0 Å². The van der Waals surface area contributed by atoms with Crippen molar-refractivity contribution in [2.75, 3.05) is 19.3 Å². The standard InChI is InChI=1S/C18H26N4O2S/c1-14-4-5-15(2)16(10-14)11-21-12-17-6-8-19-22(17)18(13-21)7-9-20-25(3,23)24/h4-6,8,10,18,20H,7,9,11-13H2,1-3H3. The fourth-order valence-corrected chi connectivity index (χ4v) is 3.91. The number of hydrogen-bond donors (Lipinski definition) is 1. The quantitative estimate of drug-likeness (QED) is 0.853. The van der Waals surface area contributed by atoms with E-state index in [2.05, 4.69) is 46.8 Å². The predicted molar refractivity (Wildman–Crippen MR) is 98.8 cm³/mol. The van der Waals surface area contributed by atoms with Crippen molar-refractivity contribution >= 4 is 10.0 Å². The molecule has 1 aromatic carbocycles. The molecule has 1 aromatic heterocycles. The Morgan fingerprint density at radius 3 is 2.84 bits per heavy atom. The molecule has 7 heteroatoms. The number of fused-ring (bicyclic) bond motifs is 1. The molecule has 25 heavy (non-hydrogen) atoms. The number of nitrogens with zero attached hydrogens (tertiary/aromatic N) is 3. The van der Waals surface area contributed by atoms with Gasteiger partial charge < -0.3 is 0 Å². The number of benzene rings is 1. The fraction of sp³-hybridized carbons (Fsp3) is 0.500. The van der Waals surface area contributed by atoms with Gasteiger partial charge in [0.25, 0.3) is 0 Å². The molecule has 136 valence electrons. The van der Waals surface area contributed by atoms with E-state index in [-0.39, 0.29) is 6.04 Å². The zero-order chi connectivity index (χ0) is 18.0. The highest BCUT2D eigenvalue weighted by Crippen LogP contribution is 2.25. The molecule has 0 bridgehead atoms. The minimum atomic E-state index is -3.15. The highest BCUT2D eigenvalue weighted by atomic mass is 32.2. The van der Waals surface area contributed by atoms with Crippen molar-refractivity contribution in [3.05, 3.63) is 52.8 Å². The number of hydrogen-bond acceptors (Lipinski definition) is 4. The van der Waals surface area contributed by atoms with E-state index in [9.17, 15) is 8.42 Å². The van der Waals surface area contributed by atoms with Gasteiger partial charge in [-0.05, 0) is 37.5 Å². The summed E-state index contributed by atoms with van der Waals surface area (Å²) < 4.78 is 27.2. The van der Waals surface area contributed by atoms with E-state index in [1.54, 1.807) is 0 Å². The van der Waals surface area contributed by atoms with Crippen LogP contribution in [-0.4, -0.2) is 42.4 Å². The molecule has 0 amide bonds. The first-order chi connectivity index (χ1) is 11.8. The molecule has 1 N–H and O–H groups in total. The maximum atomic E-state index is 11.3. The van der Waals surface area contributed by atoms with Crippen LogP contribution in [0.3, 0.4) is 0 Å². The summed E-state index contributed by atoms with van der Waals surface area (Å²) in [5.74, 6) is 0. The van der Waals surface area contributed by atoms with Gasteiger partial charge >= 0.3 is 0 Å². The SMILES string of the molecule is Cc1ccc(C)c(CN2Cc3ccnn3C(CCNS(C)(=O)=O)C2)c1. The summed E-state index contributed by atoms with van der Waals surface area (Å²) in [5.41, 5.74) is 5.11. The summed E-state index contributed by atoms with van der Waals surface area (Å²) in [7, 11) is -3.15. The van der Waals surface area contributed by atoms with Gasteiger partial charge in [-0.15, -0.1) is 0 Å². The summed E-state index contributed by atoms with van der Waals surface area (Å²) in [5, 5.41) is 4.44. The minimum Gasteiger partial charge on any atom is -0.291 e. The molecule has 0 saturated carbocycles. The number of rotatable bonds is 6. The van der Waals surface area contributed by atoms with Gasteiger partial charge in [0.1, 0.15) is 0 Å². The predicted octanol–water partition coefficient (Wildman–Crippen LogP) is 2.00. The van der Waals surface area contributed by atoms with Gasteiger partial charge in [0.15, 0.2) is 0 Å². The Bertz CT molecular complexity index is 845. The molecule has 0 saturated heterocycles. The van der Waals surface area contributed by atoms with Gasteiger partial charge in [0.05, 0.1) is 18.0 Å². The largest absolute Gasteiger partial charge is 0.291 e. The van der Waals surface area contributed by atoms with E-state index in [1.165, 1.54) is 28.6 Å². The second kappa shape index (κ2) is 7.27. The van der Waals surface area contributed by atoms with Crippen molar-refractivity contribution < 1.29 is 8.42 Å². The Morgan fingerprint density at radius 1 is 1.28 bits per heavy atom. The average Bonchev–Trinajstić information content (AvgIpc) is 2.98. The van der Waals surface area contributed by atoms with E-state index in [4.69, 9.17) is 0 Å². The van der Waals surface area contributed by atoms with Crippen LogP contribution >= 0.6 is 0 Å². The van der Waals surface area contributed by atoms with E-state index >= 15 is 0 Å². The summed E-state index contributed by atoms with van der Waals surface area (Å²) in [6.07, 6.45) is 3.75. The van der Waals surface area contributed by atoms with Crippen molar-refractivity contribution in [1.82, 2.24) is 19.4 Å². The van der Waals surface area contributed by atoms with Crippen LogP contribution in [0.15, 0.2) is 30.5 Å². The molecular formula is C18H26N4O2S. The maximum Gasteiger partial charge on any atom is 0.208 e. The zero-order valence-corrected chi connectivity index (χ0v) is 15.9. The monoisotopic (exact) mass is 362 g/mol. The molecule has 0 spiro atoms. The highest BCUT2D eigenvalue weighted by molar-refractivity contribution is 7.88. The summed E-state index contributed by atoms with van der Waals surface area (Å²) >= 11 is 0. The third kappa shape index (κ3) is 4.68. The maximum absolute atomic E-state index is 11.3. The fourth-order valence-electron chi connectivity index (χ4n) is 3.42. The van der Waals surface area contributed by atoms with Crippen LogP contribution in [0.1, 0.15) is 34.8 Å². The first kappa shape index (κ1) is 18.1. The Morgan fingerprint density at radius 2 is 2.08 bits per heavy atom. The lowest BCUT2D eigenvalue weighted by atomic mass is 10.0. The highest BCUT2D eigenvalue weighted by Gasteiger charge is 2.25. The Labute approximate surface area is 149 Å². The van der Waals surface area contributed by atoms with E-state index in [0.29, 0.717) is 6.54 Å². The van der Waals surface area contributed by atoms with E-state index < -0.39 is 10.0 Å². The van der Waals surface area contributed by atoms with Gasteiger partial charge in [-0.2, -0.15) is 5.10 Å². The average molecular weight is 362 g/mol. The normalized spacial score (nSPS) is 18.3. The molecule has 1 aliphatic rings. The minimum absolute atomic E-state index is 0.179. The first-order valence-corrected chi connectivity index (χ1v) is 10.5. The lowest BCUT2D eigenvalue weighted by Crippen LogP contribution is -2.39. The van der Waals surface area contributed by atoms with Crippen molar-refractivity contribution in [1.29, 1.82) is 0 Å². The van der Waals surface area contributed by atoms with Crippen LogP contribution in [0.4, 0.5) is 0 Å². The topological polar surface area (TPSA) is 67.2 Å². The molecule has 0 radical (unpaired) electrons. The third-order valence-corrected chi connectivity index (χ3v) is 5.42. The van der Waals surface area contributed by atoms with Gasteiger partial charge in [0.2, 0.25) is 10.0 Å². The van der Waals surface area contributed by atoms with Crippen molar-refractivity contribution in [2.24, 2.45) is 0 Å². The summed E-state index contributed by atoms with van der Waals surface area (Å²) in [4.78, 5) is 2.42. The second-order valence-corrected chi connectivity index (χ2v) is 8.81. The third-order valence-electron chi connectivity index (χ3n) is 4.69. The van der Waals surface area contributed by atoms with Gasteiger partial charge in [-0.1, -0.05) is 23.8 Å². The van der Waals surface area contributed by atoms with Crippen molar-refractivity contribution in [2.45, 2.75) is 39.4 Å². The van der Waals surface area contributed by atoms with E-state index in [0.717, 1.165) is 26.1 Å². The van der Waals surface area contributed by atoms with Crippen LogP contribution in [0.2, 0.25) is 0 Å². The Hall–Kier alpha value is -1.70. The molecule has 2 heterocycles. The Balaban J connectivity index is 1.72. The lowest BCUT2D eigenvalue weighted by molar-refractivity contribution is 0.162. The number of nitrogens with one attached hydrogen (secondary N) is 1. The molecule has 0 aliphatic carbocycles. The molecular weight excluding hydrogens is 336 g/mol. The molecule has 1 aliphatic heterocycles. The number of aryl methyl sites for hydroxylation is 2. The van der Waals surface area contributed by atoms with Gasteiger partial charge in [-0.3, -0.25) is 9.58 Å². The molecule has 6 nitrogen and oxygen atoms in total. The molecule has 1 unspecified atom stereocenters. The number of aromatic nitrogens is 2. The molecule has 1 atom stereocenters. The molecule has 2 aromatic rings. The van der Waals surface area contributed by atoms with Crippen LogP contribution in [0, 0.1) is 13.8 Å². The molecule has 0 fully saturated rings. The van der Waals surface area contributed by atoms with Crippen molar-refractivity contribution in [3.63, 3.8) is 0 Å². The van der Waals surface area contributed by atoms with Crippen LogP contribution in [0.25, 0.3) is 0 Å². The van der Waals surface area contributed by atoms with Gasteiger partial charge in [0, 0.05) is 32.4 Å². The Kier molecular flexibility index (Phi) is 5.27.